The van der Waals surface area contributed by atoms with Crippen LogP contribution in [0.15, 0.2) is 11.4 Å². The Kier molecular flexibility index (Phi) is 1.74. The zero-order chi connectivity index (χ0) is 5.86. The van der Waals surface area contributed by atoms with E-state index >= 15 is 0 Å². The van der Waals surface area contributed by atoms with Gasteiger partial charge in [-0.1, -0.05) is 0 Å². The molecule has 0 aliphatic carbocycles. The van der Waals surface area contributed by atoms with E-state index in [4.69, 9.17) is 16.7 Å². The van der Waals surface area contributed by atoms with Crippen molar-refractivity contribution < 1.29 is 0 Å². The monoisotopic (exact) mass is 97.1 g/mol. The normalized spacial score (nSPS) is 12.0. The van der Waals surface area contributed by atoms with Gasteiger partial charge in [-0.2, -0.15) is 5.26 Å². The van der Waals surface area contributed by atoms with Crippen LogP contribution in [0, 0.1) is 11.3 Å². The molecular weight excluding hydrogens is 90.1 g/mol. The fourth-order valence-electron chi connectivity index (χ4n) is 0.0882. The average Bonchev–Trinajstić information content (AvgIpc) is 1.65. The fraction of sp³-hybridized carbons (Fsp3) is 0.250. The predicted octanol–water partition coefficient (Wildman–Crippen LogP) is -0.341. The van der Waals surface area contributed by atoms with E-state index in [0.717, 1.165) is 0 Å². The summed E-state index contributed by atoms with van der Waals surface area (Å²) in [5.41, 5.74) is 10.6. The highest BCUT2D eigenvalue weighted by atomic mass is 14.7. The molecule has 0 saturated heterocycles. The maximum absolute atomic E-state index is 7.99. The van der Waals surface area contributed by atoms with Crippen molar-refractivity contribution in [2.45, 2.75) is 6.92 Å². The Hall–Kier alpha value is -1.17. The smallest absolute Gasteiger partial charge is 0.129 e. The zero-order valence-electron chi connectivity index (χ0n) is 4.10. The molecule has 7 heavy (non-hydrogen) atoms. The minimum absolute atomic E-state index is 0.0972. The Morgan fingerprint density at radius 1 is 1.57 bits per heavy atom. The average molecular weight is 97.1 g/mol. The van der Waals surface area contributed by atoms with E-state index in [0.29, 0.717) is 5.70 Å². The number of hydrogen-bond acceptors (Lipinski definition) is 3. The van der Waals surface area contributed by atoms with Gasteiger partial charge in [0.25, 0.3) is 0 Å². The van der Waals surface area contributed by atoms with Crippen molar-refractivity contribution in [1.29, 1.82) is 5.26 Å². The topological polar surface area (TPSA) is 75.8 Å². The van der Waals surface area contributed by atoms with Crippen molar-refractivity contribution in [3.63, 3.8) is 0 Å². The SMILES string of the molecule is C/C(N)=C(/N)C#N. The van der Waals surface area contributed by atoms with Gasteiger partial charge >= 0.3 is 0 Å². The summed E-state index contributed by atoms with van der Waals surface area (Å²) >= 11 is 0. The molecule has 0 radical (unpaired) electrons. The lowest BCUT2D eigenvalue weighted by molar-refractivity contribution is 1.21. The molecule has 0 aromatic heterocycles. The summed E-state index contributed by atoms with van der Waals surface area (Å²) in [4.78, 5) is 0. The third-order valence-electron chi connectivity index (χ3n) is 0.545. The molecule has 3 heteroatoms. The second kappa shape index (κ2) is 2.08. The molecule has 4 N–H and O–H groups in total. The van der Waals surface area contributed by atoms with Crippen LogP contribution in [0.2, 0.25) is 0 Å². The van der Waals surface area contributed by atoms with E-state index in [9.17, 15) is 0 Å². The first-order valence-electron chi connectivity index (χ1n) is 1.80. The first-order chi connectivity index (χ1) is 3.18. The number of allylic oxidation sites excluding steroid dienone is 2. The lowest BCUT2D eigenvalue weighted by atomic mass is 10.4. The molecule has 0 heterocycles. The summed E-state index contributed by atoms with van der Waals surface area (Å²) in [5, 5.41) is 7.99. The van der Waals surface area contributed by atoms with Crippen molar-refractivity contribution in [3.8, 4) is 6.07 Å². The van der Waals surface area contributed by atoms with Gasteiger partial charge in [0, 0.05) is 5.70 Å². The highest BCUT2D eigenvalue weighted by Gasteiger charge is 1.84. The van der Waals surface area contributed by atoms with Gasteiger partial charge in [0.2, 0.25) is 0 Å². The summed E-state index contributed by atoms with van der Waals surface area (Å²) < 4.78 is 0. The van der Waals surface area contributed by atoms with Gasteiger partial charge < -0.3 is 11.5 Å². The molecule has 0 saturated carbocycles. The van der Waals surface area contributed by atoms with Crippen molar-refractivity contribution in [2.24, 2.45) is 11.5 Å². The maximum Gasteiger partial charge on any atom is 0.129 e. The summed E-state index contributed by atoms with van der Waals surface area (Å²) in [6.45, 7) is 1.58. The van der Waals surface area contributed by atoms with Gasteiger partial charge in [0.15, 0.2) is 0 Å². The van der Waals surface area contributed by atoms with Crippen LogP contribution < -0.4 is 11.5 Å². The maximum atomic E-state index is 7.99. The Labute approximate surface area is 42.2 Å². The number of nitrogens with two attached hydrogens (primary N) is 2. The highest BCUT2D eigenvalue weighted by Crippen LogP contribution is 1.82. The molecular formula is C4H7N3. The van der Waals surface area contributed by atoms with Crippen LogP contribution in [0.25, 0.3) is 0 Å². The van der Waals surface area contributed by atoms with Crippen LogP contribution in [-0.4, -0.2) is 0 Å². The number of hydrogen-bond donors (Lipinski definition) is 2. The number of nitrogens with zero attached hydrogens (tertiary/aromatic N) is 1. The molecule has 3 nitrogen and oxygen atoms in total. The third-order valence-corrected chi connectivity index (χ3v) is 0.545. The first kappa shape index (κ1) is 5.83. The molecule has 0 aliphatic heterocycles. The first-order valence-corrected chi connectivity index (χ1v) is 1.80. The van der Waals surface area contributed by atoms with E-state index < -0.39 is 0 Å². The van der Waals surface area contributed by atoms with Crippen LogP contribution in [0.5, 0.6) is 0 Å². The Bertz CT molecular complexity index is 124. The lowest BCUT2D eigenvalue weighted by Crippen LogP contribution is -2.03. The second-order valence-electron chi connectivity index (χ2n) is 1.21. The fourth-order valence-corrected chi connectivity index (χ4v) is 0.0882. The summed E-state index contributed by atoms with van der Waals surface area (Å²) in [5.74, 6) is 0. The molecule has 0 fully saturated rings. The van der Waals surface area contributed by atoms with Gasteiger partial charge in [-0.25, -0.2) is 0 Å². The van der Waals surface area contributed by atoms with Gasteiger partial charge in [-0.15, -0.1) is 0 Å². The van der Waals surface area contributed by atoms with E-state index in [1.165, 1.54) is 0 Å². The second-order valence-corrected chi connectivity index (χ2v) is 1.21. The Balaban J connectivity index is 4.07. The molecule has 0 rings (SSSR count). The third kappa shape index (κ3) is 1.66. The quantitative estimate of drug-likeness (QED) is 0.406. The summed E-state index contributed by atoms with van der Waals surface area (Å²) in [7, 11) is 0. The van der Waals surface area contributed by atoms with Crippen molar-refractivity contribution in [3.05, 3.63) is 11.4 Å². The van der Waals surface area contributed by atoms with Gasteiger partial charge in [-0.3, -0.25) is 0 Å². The Morgan fingerprint density at radius 3 is 2.00 bits per heavy atom. The van der Waals surface area contributed by atoms with Crippen LogP contribution in [0.1, 0.15) is 6.92 Å². The molecule has 0 aliphatic rings. The van der Waals surface area contributed by atoms with Gasteiger partial charge in [0.05, 0.1) is 0 Å². The molecule has 0 amide bonds. The summed E-state index contributed by atoms with van der Waals surface area (Å²) in [6.07, 6.45) is 0. The van der Waals surface area contributed by atoms with Crippen molar-refractivity contribution in [2.75, 3.05) is 0 Å². The minimum Gasteiger partial charge on any atom is -0.400 e. The molecule has 0 unspecified atom stereocenters. The predicted molar refractivity (Wildman–Crippen MR) is 26.7 cm³/mol. The molecule has 0 atom stereocenters. The van der Waals surface area contributed by atoms with E-state index in [1.807, 2.05) is 0 Å². The number of rotatable bonds is 0. The van der Waals surface area contributed by atoms with E-state index in [-0.39, 0.29) is 5.70 Å². The molecule has 0 aromatic rings. The lowest BCUT2D eigenvalue weighted by Gasteiger charge is -1.86. The largest absolute Gasteiger partial charge is 0.400 e. The molecule has 0 bridgehead atoms. The van der Waals surface area contributed by atoms with E-state index in [1.54, 1.807) is 13.0 Å². The van der Waals surface area contributed by atoms with Crippen molar-refractivity contribution >= 4 is 0 Å². The van der Waals surface area contributed by atoms with Crippen molar-refractivity contribution in [1.82, 2.24) is 0 Å². The van der Waals surface area contributed by atoms with E-state index in [2.05, 4.69) is 0 Å². The Morgan fingerprint density at radius 2 is 2.00 bits per heavy atom. The molecule has 38 valence electrons. The highest BCUT2D eigenvalue weighted by molar-refractivity contribution is 5.20. The zero-order valence-corrected chi connectivity index (χ0v) is 4.10. The van der Waals surface area contributed by atoms with Gasteiger partial charge in [0.1, 0.15) is 11.8 Å². The standard InChI is InChI=1S/C4H7N3/c1-3(6)4(7)2-5/h6-7H2,1H3/b4-3-. The summed E-state index contributed by atoms with van der Waals surface area (Å²) in [6, 6.07) is 1.70. The van der Waals surface area contributed by atoms with Crippen LogP contribution >= 0.6 is 0 Å². The van der Waals surface area contributed by atoms with Gasteiger partial charge in [-0.05, 0) is 6.92 Å². The minimum atomic E-state index is 0.0972. The van der Waals surface area contributed by atoms with Crippen LogP contribution in [-0.2, 0) is 0 Å². The number of nitriles is 1. The molecule has 0 aromatic carbocycles. The molecule has 0 spiro atoms. The van der Waals surface area contributed by atoms with Crippen LogP contribution in [0.4, 0.5) is 0 Å². The van der Waals surface area contributed by atoms with Crippen LogP contribution in [0.3, 0.4) is 0 Å².